The summed E-state index contributed by atoms with van der Waals surface area (Å²) in [6.45, 7) is 0.213. The third kappa shape index (κ3) is 2.82. The standard InChI is InChI=1S/C12H12N2O5/c15-10(16)4-9-11(17)13-5-7-2-1-6(12(18)19)3-8(7)14-9/h1-3,9,14H,4-5H2,(H,13,17)(H,15,16)(H,18,19)/p-1. The van der Waals surface area contributed by atoms with Gasteiger partial charge in [0.25, 0.3) is 0 Å². The van der Waals surface area contributed by atoms with Crippen LogP contribution in [0.1, 0.15) is 22.3 Å². The van der Waals surface area contributed by atoms with Crippen LogP contribution in [0.5, 0.6) is 0 Å². The van der Waals surface area contributed by atoms with E-state index in [0.29, 0.717) is 11.3 Å². The number of hydrogen-bond acceptors (Lipinski definition) is 5. The van der Waals surface area contributed by atoms with Crippen LogP contribution >= 0.6 is 0 Å². The Hall–Kier alpha value is -2.57. The maximum Gasteiger partial charge on any atom is 0.335 e. The molecule has 0 saturated heterocycles. The summed E-state index contributed by atoms with van der Waals surface area (Å²) in [5, 5.41) is 24.8. The second kappa shape index (κ2) is 4.97. The van der Waals surface area contributed by atoms with Crippen molar-refractivity contribution in [1.82, 2.24) is 5.32 Å². The van der Waals surface area contributed by atoms with Crippen LogP contribution in [0.3, 0.4) is 0 Å². The predicted molar refractivity (Wildman–Crippen MR) is 62.3 cm³/mol. The summed E-state index contributed by atoms with van der Waals surface area (Å²) in [6, 6.07) is 3.40. The fourth-order valence-corrected chi connectivity index (χ4v) is 1.87. The molecule has 19 heavy (non-hydrogen) atoms. The van der Waals surface area contributed by atoms with Crippen molar-refractivity contribution in [2.75, 3.05) is 5.32 Å². The van der Waals surface area contributed by atoms with Crippen molar-refractivity contribution in [1.29, 1.82) is 0 Å². The van der Waals surface area contributed by atoms with Crippen molar-refractivity contribution in [3.05, 3.63) is 29.3 Å². The zero-order chi connectivity index (χ0) is 14.0. The summed E-state index contributed by atoms with van der Waals surface area (Å²) in [4.78, 5) is 33.1. The molecule has 1 aliphatic heterocycles. The number of carbonyl (C=O) groups excluding carboxylic acids is 2. The van der Waals surface area contributed by atoms with Gasteiger partial charge >= 0.3 is 5.97 Å². The summed E-state index contributed by atoms with van der Waals surface area (Å²) in [6.07, 6.45) is -0.484. The number of aliphatic carboxylic acids is 1. The van der Waals surface area contributed by atoms with Crippen LogP contribution < -0.4 is 15.7 Å². The minimum Gasteiger partial charge on any atom is -0.550 e. The Morgan fingerprint density at radius 1 is 1.42 bits per heavy atom. The fourth-order valence-electron chi connectivity index (χ4n) is 1.87. The van der Waals surface area contributed by atoms with Crippen molar-refractivity contribution in [3.8, 4) is 0 Å². The molecule has 0 radical (unpaired) electrons. The van der Waals surface area contributed by atoms with Crippen molar-refractivity contribution in [2.24, 2.45) is 0 Å². The molecule has 100 valence electrons. The monoisotopic (exact) mass is 263 g/mol. The number of carboxylic acid groups (broad SMARTS) is 2. The van der Waals surface area contributed by atoms with Crippen molar-refractivity contribution < 1.29 is 24.6 Å². The zero-order valence-corrected chi connectivity index (χ0v) is 9.80. The molecule has 1 heterocycles. The molecule has 7 heteroatoms. The van der Waals surface area contributed by atoms with Crippen LogP contribution in [0, 0.1) is 0 Å². The topological polar surface area (TPSA) is 119 Å². The van der Waals surface area contributed by atoms with E-state index in [-0.39, 0.29) is 12.1 Å². The summed E-state index contributed by atoms with van der Waals surface area (Å²) in [7, 11) is 0. The number of fused-ring (bicyclic) bond motifs is 1. The van der Waals surface area contributed by atoms with Crippen LogP contribution in [0.15, 0.2) is 18.2 Å². The Labute approximate surface area is 108 Å². The number of anilines is 1. The summed E-state index contributed by atoms with van der Waals surface area (Å²) >= 11 is 0. The van der Waals surface area contributed by atoms with E-state index < -0.39 is 30.3 Å². The molecule has 1 atom stereocenters. The average Bonchev–Trinajstić information content (AvgIpc) is 2.48. The molecule has 3 N–H and O–H groups in total. The van der Waals surface area contributed by atoms with E-state index in [2.05, 4.69) is 10.6 Å². The van der Waals surface area contributed by atoms with Gasteiger partial charge in [-0.3, -0.25) is 4.79 Å². The second-order valence-corrected chi connectivity index (χ2v) is 4.17. The Kier molecular flexibility index (Phi) is 3.37. The lowest BCUT2D eigenvalue weighted by Crippen LogP contribution is -2.41. The van der Waals surface area contributed by atoms with Gasteiger partial charge in [0.05, 0.1) is 5.56 Å². The molecular weight excluding hydrogens is 252 g/mol. The summed E-state index contributed by atoms with van der Waals surface area (Å²) < 4.78 is 0. The highest BCUT2D eigenvalue weighted by Crippen LogP contribution is 2.22. The molecule has 0 saturated carbocycles. The van der Waals surface area contributed by atoms with E-state index in [1.54, 1.807) is 6.07 Å². The minimum atomic E-state index is -1.36. The molecular formula is C12H11N2O5-. The molecule has 1 unspecified atom stereocenters. The van der Waals surface area contributed by atoms with Gasteiger partial charge in [-0.05, 0) is 17.7 Å². The van der Waals surface area contributed by atoms with Crippen LogP contribution in [-0.2, 0) is 16.1 Å². The van der Waals surface area contributed by atoms with Gasteiger partial charge in [0.1, 0.15) is 6.04 Å². The molecule has 7 nitrogen and oxygen atoms in total. The highest BCUT2D eigenvalue weighted by Gasteiger charge is 2.23. The third-order valence-corrected chi connectivity index (χ3v) is 2.83. The molecule has 1 amide bonds. The maximum atomic E-state index is 11.7. The number of rotatable bonds is 3. The van der Waals surface area contributed by atoms with Gasteiger partial charge in [0, 0.05) is 24.6 Å². The number of nitrogens with one attached hydrogen (secondary N) is 2. The van der Waals surface area contributed by atoms with E-state index in [1.165, 1.54) is 12.1 Å². The number of carbonyl (C=O) groups is 3. The second-order valence-electron chi connectivity index (χ2n) is 4.17. The van der Waals surface area contributed by atoms with Crippen LogP contribution in [0.4, 0.5) is 5.69 Å². The first kappa shape index (κ1) is 12.9. The van der Waals surface area contributed by atoms with E-state index in [4.69, 9.17) is 5.11 Å². The highest BCUT2D eigenvalue weighted by atomic mass is 16.4. The highest BCUT2D eigenvalue weighted by molar-refractivity contribution is 5.92. The fraction of sp³-hybridized carbons (Fsp3) is 0.250. The lowest BCUT2D eigenvalue weighted by molar-refractivity contribution is -0.305. The molecule has 0 spiro atoms. The van der Waals surface area contributed by atoms with Gasteiger partial charge in [-0.25, -0.2) is 4.79 Å². The Bertz CT molecular complexity index is 555. The molecule has 0 bridgehead atoms. The molecule has 1 aromatic carbocycles. The number of aromatic carboxylic acids is 1. The Balaban J connectivity index is 2.32. The van der Waals surface area contributed by atoms with Crippen LogP contribution in [-0.4, -0.2) is 29.0 Å². The molecule has 2 rings (SSSR count). The van der Waals surface area contributed by atoms with Crippen LogP contribution in [0.25, 0.3) is 0 Å². The average molecular weight is 263 g/mol. The Morgan fingerprint density at radius 3 is 2.79 bits per heavy atom. The number of hydrogen-bond donors (Lipinski definition) is 3. The molecule has 0 aromatic heterocycles. The van der Waals surface area contributed by atoms with Gasteiger partial charge in [0.15, 0.2) is 0 Å². The van der Waals surface area contributed by atoms with Crippen molar-refractivity contribution in [3.63, 3.8) is 0 Å². The zero-order valence-electron chi connectivity index (χ0n) is 9.80. The SMILES string of the molecule is O=C([O-])CC1Nc2cc(C(=O)O)ccc2CNC1=O. The first-order valence-corrected chi connectivity index (χ1v) is 5.57. The normalized spacial score (nSPS) is 17.7. The van der Waals surface area contributed by atoms with Gasteiger partial charge in [-0.15, -0.1) is 0 Å². The molecule has 0 fully saturated rings. The molecule has 0 aliphatic carbocycles. The predicted octanol–water partition coefficient (Wildman–Crippen LogP) is -1.06. The van der Waals surface area contributed by atoms with E-state index in [0.717, 1.165) is 0 Å². The first-order valence-electron chi connectivity index (χ1n) is 5.57. The smallest absolute Gasteiger partial charge is 0.335 e. The van der Waals surface area contributed by atoms with Crippen molar-refractivity contribution in [2.45, 2.75) is 19.0 Å². The van der Waals surface area contributed by atoms with E-state index >= 15 is 0 Å². The first-order chi connectivity index (χ1) is 8.97. The van der Waals surface area contributed by atoms with Gasteiger partial charge in [-0.2, -0.15) is 0 Å². The lowest BCUT2D eigenvalue weighted by atomic mass is 10.1. The largest absolute Gasteiger partial charge is 0.550 e. The van der Waals surface area contributed by atoms with Gasteiger partial charge in [0.2, 0.25) is 5.91 Å². The Morgan fingerprint density at radius 2 is 2.16 bits per heavy atom. The third-order valence-electron chi connectivity index (χ3n) is 2.83. The summed E-state index contributed by atoms with van der Waals surface area (Å²) in [5.41, 5.74) is 1.19. The van der Waals surface area contributed by atoms with Crippen molar-refractivity contribution >= 4 is 23.5 Å². The lowest BCUT2D eigenvalue weighted by Gasteiger charge is -2.17. The van der Waals surface area contributed by atoms with Gasteiger partial charge < -0.3 is 25.6 Å². The molecule has 1 aliphatic rings. The summed E-state index contributed by atoms with van der Waals surface area (Å²) in [5.74, 6) is -2.91. The maximum absolute atomic E-state index is 11.7. The number of carboxylic acids is 2. The number of benzene rings is 1. The van der Waals surface area contributed by atoms with E-state index in [1.807, 2.05) is 0 Å². The van der Waals surface area contributed by atoms with E-state index in [9.17, 15) is 19.5 Å². The quantitative estimate of drug-likeness (QED) is 0.639. The van der Waals surface area contributed by atoms with Crippen LogP contribution in [0.2, 0.25) is 0 Å². The molecule has 1 aromatic rings. The van der Waals surface area contributed by atoms with Gasteiger partial charge in [-0.1, -0.05) is 6.07 Å². The number of amides is 1. The minimum absolute atomic E-state index is 0.0628.